The van der Waals surface area contributed by atoms with Crippen LogP contribution in [0.2, 0.25) is 0 Å². The molecule has 1 rings (SSSR count). The SMILES string of the molecule is COC(=O)C(C)(CN1CC(C)N(C)C(C)C1)NC(C)C. The van der Waals surface area contributed by atoms with Crippen LogP contribution in [-0.2, 0) is 9.53 Å². The number of ether oxygens (including phenoxy) is 1. The van der Waals surface area contributed by atoms with Gasteiger partial charge in [0.1, 0.15) is 5.54 Å². The molecule has 3 unspecified atom stereocenters. The van der Waals surface area contributed by atoms with E-state index in [4.69, 9.17) is 4.74 Å². The van der Waals surface area contributed by atoms with Gasteiger partial charge in [-0.25, -0.2) is 0 Å². The van der Waals surface area contributed by atoms with Gasteiger partial charge in [0, 0.05) is 37.8 Å². The molecule has 0 aromatic heterocycles. The van der Waals surface area contributed by atoms with Gasteiger partial charge in [-0.15, -0.1) is 0 Å². The third-order valence-electron chi connectivity index (χ3n) is 4.22. The van der Waals surface area contributed by atoms with Gasteiger partial charge >= 0.3 is 5.97 Å². The highest BCUT2D eigenvalue weighted by atomic mass is 16.5. The summed E-state index contributed by atoms with van der Waals surface area (Å²) < 4.78 is 4.99. The Labute approximate surface area is 123 Å². The summed E-state index contributed by atoms with van der Waals surface area (Å²) in [4.78, 5) is 16.9. The summed E-state index contributed by atoms with van der Waals surface area (Å²) in [6, 6.07) is 1.24. The molecule has 3 atom stereocenters. The van der Waals surface area contributed by atoms with E-state index in [0.29, 0.717) is 18.6 Å². The zero-order chi connectivity index (χ0) is 15.5. The Kier molecular flexibility index (Phi) is 5.98. The molecule has 118 valence electrons. The number of piperazine rings is 1. The normalized spacial score (nSPS) is 28.4. The van der Waals surface area contributed by atoms with Crippen LogP contribution < -0.4 is 5.32 Å². The van der Waals surface area contributed by atoms with Crippen LogP contribution in [0.15, 0.2) is 0 Å². The van der Waals surface area contributed by atoms with Crippen LogP contribution in [0.1, 0.15) is 34.6 Å². The van der Waals surface area contributed by atoms with E-state index < -0.39 is 5.54 Å². The van der Waals surface area contributed by atoms with Crippen LogP contribution in [0, 0.1) is 0 Å². The van der Waals surface area contributed by atoms with Crippen molar-refractivity contribution >= 4 is 5.97 Å². The molecule has 0 saturated carbocycles. The minimum absolute atomic E-state index is 0.189. The monoisotopic (exact) mass is 285 g/mol. The number of carbonyl (C=O) groups is 1. The van der Waals surface area contributed by atoms with Crippen molar-refractivity contribution in [3.8, 4) is 0 Å². The molecule has 0 amide bonds. The molecule has 0 bridgehead atoms. The molecule has 0 aromatic carbocycles. The Balaban J connectivity index is 2.77. The van der Waals surface area contributed by atoms with E-state index in [-0.39, 0.29) is 12.0 Å². The lowest BCUT2D eigenvalue weighted by Gasteiger charge is -2.45. The van der Waals surface area contributed by atoms with Crippen LogP contribution in [0.4, 0.5) is 0 Å². The first-order valence-corrected chi connectivity index (χ1v) is 7.50. The largest absolute Gasteiger partial charge is 0.468 e. The van der Waals surface area contributed by atoms with Gasteiger partial charge in [-0.2, -0.15) is 0 Å². The van der Waals surface area contributed by atoms with Crippen molar-refractivity contribution in [2.45, 2.75) is 58.3 Å². The molecule has 0 spiro atoms. The third kappa shape index (κ3) is 4.17. The van der Waals surface area contributed by atoms with Crippen LogP contribution >= 0.6 is 0 Å². The van der Waals surface area contributed by atoms with Crippen molar-refractivity contribution in [2.24, 2.45) is 0 Å². The number of likely N-dealkylation sites (N-methyl/N-ethyl adjacent to an activating group) is 1. The minimum Gasteiger partial charge on any atom is -0.468 e. The summed E-state index contributed by atoms with van der Waals surface area (Å²) in [5.41, 5.74) is -0.654. The maximum atomic E-state index is 12.1. The molecule has 1 fully saturated rings. The van der Waals surface area contributed by atoms with Crippen molar-refractivity contribution in [1.82, 2.24) is 15.1 Å². The number of carbonyl (C=O) groups excluding carboxylic acids is 1. The van der Waals surface area contributed by atoms with Gasteiger partial charge in [0.15, 0.2) is 0 Å². The number of hydrogen-bond donors (Lipinski definition) is 1. The topological polar surface area (TPSA) is 44.8 Å². The Morgan fingerprint density at radius 3 is 2.25 bits per heavy atom. The van der Waals surface area contributed by atoms with Crippen molar-refractivity contribution in [3.05, 3.63) is 0 Å². The van der Waals surface area contributed by atoms with E-state index in [2.05, 4.69) is 49.9 Å². The Morgan fingerprint density at radius 2 is 1.85 bits per heavy atom. The second-order valence-electron chi connectivity index (χ2n) is 6.68. The molecule has 1 N–H and O–H groups in total. The molecule has 1 heterocycles. The van der Waals surface area contributed by atoms with Gasteiger partial charge in [0.2, 0.25) is 0 Å². The maximum Gasteiger partial charge on any atom is 0.327 e. The number of nitrogens with one attached hydrogen (secondary N) is 1. The lowest BCUT2D eigenvalue weighted by atomic mass is 9.98. The highest BCUT2D eigenvalue weighted by molar-refractivity contribution is 5.80. The third-order valence-corrected chi connectivity index (χ3v) is 4.22. The van der Waals surface area contributed by atoms with Gasteiger partial charge in [-0.1, -0.05) is 0 Å². The van der Waals surface area contributed by atoms with Crippen molar-refractivity contribution < 1.29 is 9.53 Å². The number of nitrogens with zero attached hydrogens (tertiary/aromatic N) is 2. The molecular formula is C15H31N3O2. The molecule has 1 aliphatic heterocycles. The van der Waals surface area contributed by atoms with Gasteiger partial charge in [-0.05, 0) is 41.7 Å². The molecule has 5 nitrogen and oxygen atoms in total. The van der Waals surface area contributed by atoms with E-state index in [9.17, 15) is 4.79 Å². The van der Waals surface area contributed by atoms with Crippen LogP contribution in [0.3, 0.4) is 0 Å². The van der Waals surface area contributed by atoms with Crippen molar-refractivity contribution in [3.63, 3.8) is 0 Å². The zero-order valence-corrected chi connectivity index (χ0v) is 14.1. The molecule has 20 heavy (non-hydrogen) atoms. The van der Waals surface area contributed by atoms with E-state index in [1.165, 1.54) is 7.11 Å². The summed E-state index contributed by atoms with van der Waals surface area (Å²) >= 11 is 0. The van der Waals surface area contributed by atoms with Gasteiger partial charge in [0.25, 0.3) is 0 Å². The van der Waals surface area contributed by atoms with E-state index in [1.807, 2.05) is 6.92 Å². The van der Waals surface area contributed by atoms with E-state index in [0.717, 1.165) is 13.1 Å². The quantitative estimate of drug-likeness (QED) is 0.762. The Bertz CT molecular complexity index is 323. The molecule has 0 aliphatic carbocycles. The van der Waals surface area contributed by atoms with Gasteiger partial charge in [0.05, 0.1) is 7.11 Å². The van der Waals surface area contributed by atoms with E-state index >= 15 is 0 Å². The zero-order valence-electron chi connectivity index (χ0n) is 14.1. The maximum absolute atomic E-state index is 12.1. The van der Waals surface area contributed by atoms with Crippen LogP contribution in [-0.4, -0.2) is 73.2 Å². The lowest BCUT2D eigenvalue weighted by molar-refractivity contribution is -0.149. The number of hydrogen-bond acceptors (Lipinski definition) is 5. The predicted molar refractivity (Wildman–Crippen MR) is 81.8 cm³/mol. The summed E-state index contributed by atoms with van der Waals surface area (Å²) in [7, 11) is 3.62. The second kappa shape index (κ2) is 6.87. The summed E-state index contributed by atoms with van der Waals surface area (Å²) in [5, 5.41) is 3.37. The highest BCUT2D eigenvalue weighted by Crippen LogP contribution is 2.17. The molecule has 0 radical (unpaired) electrons. The molecule has 1 aliphatic rings. The molecule has 1 saturated heterocycles. The molecule has 0 aromatic rings. The lowest BCUT2D eigenvalue weighted by Crippen LogP contribution is -2.63. The first kappa shape index (κ1) is 17.4. The Hall–Kier alpha value is -0.650. The first-order chi connectivity index (χ1) is 9.19. The first-order valence-electron chi connectivity index (χ1n) is 7.50. The smallest absolute Gasteiger partial charge is 0.327 e. The average molecular weight is 285 g/mol. The van der Waals surface area contributed by atoms with Crippen LogP contribution in [0.25, 0.3) is 0 Å². The van der Waals surface area contributed by atoms with Gasteiger partial charge < -0.3 is 4.74 Å². The Morgan fingerprint density at radius 1 is 1.35 bits per heavy atom. The fourth-order valence-electron chi connectivity index (χ4n) is 3.12. The van der Waals surface area contributed by atoms with Crippen LogP contribution in [0.5, 0.6) is 0 Å². The number of methoxy groups -OCH3 is 1. The molecular weight excluding hydrogens is 254 g/mol. The van der Waals surface area contributed by atoms with Crippen molar-refractivity contribution in [1.29, 1.82) is 0 Å². The molecule has 5 heteroatoms. The summed E-state index contributed by atoms with van der Waals surface area (Å²) in [6.07, 6.45) is 0. The second-order valence-corrected chi connectivity index (χ2v) is 6.68. The fourth-order valence-corrected chi connectivity index (χ4v) is 3.12. The minimum atomic E-state index is -0.654. The standard InChI is InChI=1S/C15H31N3O2/c1-11(2)16-15(5,14(19)20-7)10-18-8-12(3)17(6)13(4)9-18/h11-13,16H,8-10H2,1-7H3. The van der Waals surface area contributed by atoms with Crippen molar-refractivity contribution in [2.75, 3.05) is 33.8 Å². The average Bonchev–Trinajstić information content (AvgIpc) is 2.33. The summed E-state index contributed by atoms with van der Waals surface area (Å²) in [6.45, 7) is 13.1. The highest BCUT2D eigenvalue weighted by Gasteiger charge is 2.39. The number of rotatable bonds is 5. The summed E-state index contributed by atoms with van der Waals surface area (Å²) in [5.74, 6) is -0.189. The van der Waals surface area contributed by atoms with Gasteiger partial charge in [-0.3, -0.25) is 19.9 Å². The van der Waals surface area contributed by atoms with E-state index in [1.54, 1.807) is 0 Å². The number of esters is 1. The predicted octanol–water partition coefficient (Wildman–Crippen LogP) is 0.941. The fraction of sp³-hybridized carbons (Fsp3) is 0.933.